The van der Waals surface area contributed by atoms with Crippen LogP contribution in [0, 0.1) is 18.6 Å². The first kappa shape index (κ1) is 29.2. The van der Waals surface area contributed by atoms with Crippen LogP contribution in [0.5, 0.6) is 5.75 Å². The maximum atomic E-state index is 15.1. The summed E-state index contributed by atoms with van der Waals surface area (Å²) in [4.78, 5) is 36.5. The molecule has 7 nitrogen and oxygen atoms in total. The molecule has 0 unspecified atom stereocenters. The Hall–Kier alpha value is -3.34. The summed E-state index contributed by atoms with van der Waals surface area (Å²) >= 11 is 9.20. The normalized spacial score (nSPS) is 11.2. The average Bonchev–Trinajstić information content (AvgIpc) is 2.83. The highest BCUT2D eigenvalue weighted by atomic mass is 79.9. The van der Waals surface area contributed by atoms with Crippen molar-refractivity contribution >= 4 is 50.9 Å². The Morgan fingerprint density at radius 3 is 2.42 bits per heavy atom. The topological polar surface area (TPSA) is 102 Å². The van der Waals surface area contributed by atoms with Gasteiger partial charge in [-0.05, 0) is 63.2 Å². The lowest BCUT2D eigenvalue weighted by Crippen LogP contribution is -2.27. The average molecular weight is 611 g/mol. The molecule has 0 aromatic heterocycles. The Bertz CT molecular complexity index is 1390. The molecule has 1 amide bonds. The van der Waals surface area contributed by atoms with Gasteiger partial charge in [-0.3, -0.25) is 9.59 Å². The molecule has 3 aromatic rings. The fourth-order valence-corrected chi connectivity index (χ4v) is 4.22. The number of hydrogen-bond acceptors (Lipinski definition) is 5. The summed E-state index contributed by atoms with van der Waals surface area (Å²) < 4.78 is 40.1. The second-order valence-corrected chi connectivity index (χ2v) is 10.1. The van der Waals surface area contributed by atoms with Crippen molar-refractivity contribution in [3.8, 4) is 5.75 Å². The molecule has 0 aliphatic heterocycles. The first-order valence-electron chi connectivity index (χ1n) is 11.2. The van der Waals surface area contributed by atoms with Crippen LogP contribution in [-0.4, -0.2) is 36.0 Å². The molecule has 0 fully saturated rings. The third-order valence-corrected chi connectivity index (χ3v) is 6.23. The van der Waals surface area contributed by atoms with Crippen molar-refractivity contribution in [3.63, 3.8) is 0 Å². The van der Waals surface area contributed by atoms with Gasteiger partial charge in [-0.2, -0.15) is 0 Å². The summed E-state index contributed by atoms with van der Waals surface area (Å²) in [6.07, 6.45) is 0. The molecule has 0 spiro atoms. The van der Waals surface area contributed by atoms with E-state index in [1.807, 2.05) is 0 Å². The van der Waals surface area contributed by atoms with Gasteiger partial charge in [-0.25, -0.2) is 13.6 Å². The van der Waals surface area contributed by atoms with Gasteiger partial charge < -0.3 is 19.9 Å². The number of carboxylic acids is 1. The number of rotatable bonds is 10. The van der Waals surface area contributed by atoms with Crippen LogP contribution in [0.3, 0.4) is 0 Å². The van der Waals surface area contributed by atoms with Crippen molar-refractivity contribution in [2.24, 2.45) is 0 Å². The van der Waals surface area contributed by atoms with Gasteiger partial charge >= 0.3 is 5.97 Å². The number of ether oxygens (including phenoxy) is 2. The molecule has 200 valence electrons. The van der Waals surface area contributed by atoms with E-state index in [-0.39, 0.29) is 38.7 Å². The molecule has 3 rings (SSSR count). The van der Waals surface area contributed by atoms with Gasteiger partial charge in [0.25, 0.3) is 5.91 Å². The number of anilines is 1. The molecular weight excluding hydrogens is 588 g/mol. The molecule has 0 atom stereocenters. The minimum atomic E-state index is -1.23. The Morgan fingerprint density at radius 1 is 1.05 bits per heavy atom. The molecular formula is C27H23BrClF2NO6. The SMILES string of the molecule is Cc1c(NC(=O)COc2ccc(Cl)cc2C(=O)c2cc(F)cc(Br)c2)ccc(C(C)(C)OCC(=O)O)c1F. The molecule has 0 saturated carbocycles. The molecule has 0 aliphatic carbocycles. The smallest absolute Gasteiger partial charge is 0.329 e. The lowest BCUT2D eigenvalue weighted by Gasteiger charge is -2.26. The van der Waals surface area contributed by atoms with Crippen LogP contribution in [0.25, 0.3) is 0 Å². The lowest BCUT2D eigenvalue weighted by molar-refractivity contribution is -0.148. The molecule has 0 saturated heterocycles. The van der Waals surface area contributed by atoms with Crippen LogP contribution < -0.4 is 10.1 Å². The molecule has 11 heteroatoms. The minimum absolute atomic E-state index is 0.0259. The van der Waals surface area contributed by atoms with Crippen molar-refractivity contribution in [3.05, 3.63) is 91.9 Å². The van der Waals surface area contributed by atoms with E-state index in [0.29, 0.717) is 4.47 Å². The zero-order valence-corrected chi connectivity index (χ0v) is 22.9. The number of amides is 1. The highest BCUT2D eigenvalue weighted by Gasteiger charge is 2.28. The van der Waals surface area contributed by atoms with E-state index >= 15 is 4.39 Å². The van der Waals surface area contributed by atoms with Crippen LogP contribution in [0.4, 0.5) is 14.5 Å². The first-order valence-corrected chi connectivity index (χ1v) is 12.3. The maximum absolute atomic E-state index is 15.1. The Balaban J connectivity index is 1.75. The lowest BCUT2D eigenvalue weighted by atomic mass is 9.94. The highest BCUT2D eigenvalue weighted by Crippen LogP contribution is 2.32. The van der Waals surface area contributed by atoms with Crippen LogP contribution in [0.2, 0.25) is 5.02 Å². The van der Waals surface area contributed by atoms with Gasteiger partial charge in [-0.1, -0.05) is 33.6 Å². The number of aliphatic carboxylic acids is 1. The molecule has 0 heterocycles. The Morgan fingerprint density at radius 2 is 1.76 bits per heavy atom. The zero-order valence-electron chi connectivity index (χ0n) is 20.5. The summed E-state index contributed by atoms with van der Waals surface area (Å²) in [6.45, 7) is 3.40. The third-order valence-electron chi connectivity index (χ3n) is 5.54. The number of nitrogens with one attached hydrogen (secondary N) is 1. The van der Waals surface area contributed by atoms with E-state index in [0.717, 1.165) is 6.07 Å². The van der Waals surface area contributed by atoms with E-state index in [2.05, 4.69) is 21.2 Å². The summed E-state index contributed by atoms with van der Waals surface area (Å²) in [6, 6.07) is 10.8. The van der Waals surface area contributed by atoms with Crippen molar-refractivity contribution in [1.29, 1.82) is 0 Å². The predicted molar refractivity (Wildman–Crippen MR) is 141 cm³/mol. The number of ketones is 1. The van der Waals surface area contributed by atoms with Gasteiger partial charge in [0.15, 0.2) is 12.4 Å². The summed E-state index contributed by atoms with van der Waals surface area (Å²) in [5, 5.41) is 11.6. The standard InChI is InChI=1S/C27H23BrClF2NO6/c1-14-21(6-5-20(25(14)31)27(2,3)38-13-24(34)35)32-23(33)12-37-22-7-4-17(29)11-19(22)26(36)15-8-16(28)10-18(30)9-15/h4-11H,12-13H2,1-3H3,(H,32,33)(H,34,35). The Kier molecular flexibility index (Phi) is 9.24. The zero-order chi connectivity index (χ0) is 28.2. The quantitative estimate of drug-likeness (QED) is 0.262. The second kappa shape index (κ2) is 12.0. The first-order chi connectivity index (χ1) is 17.8. The minimum Gasteiger partial charge on any atom is -0.483 e. The van der Waals surface area contributed by atoms with E-state index in [1.54, 1.807) is 0 Å². The summed E-state index contributed by atoms with van der Waals surface area (Å²) in [5.41, 5.74) is -0.743. The van der Waals surface area contributed by atoms with E-state index in [9.17, 15) is 18.8 Å². The predicted octanol–water partition coefficient (Wildman–Crippen LogP) is 6.27. The number of carbonyl (C=O) groups is 3. The van der Waals surface area contributed by atoms with Crippen LogP contribution in [0.1, 0.15) is 40.9 Å². The van der Waals surface area contributed by atoms with E-state index in [4.69, 9.17) is 26.2 Å². The van der Waals surface area contributed by atoms with Crippen molar-refractivity contribution in [2.45, 2.75) is 26.4 Å². The van der Waals surface area contributed by atoms with Crippen molar-refractivity contribution in [1.82, 2.24) is 0 Å². The maximum Gasteiger partial charge on any atom is 0.329 e. The second-order valence-electron chi connectivity index (χ2n) is 8.76. The van der Waals surface area contributed by atoms with Crippen LogP contribution in [-0.2, 0) is 19.9 Å². The largest absolute Gasteiger partial charge is 0.483 e. The Labute approximate surface area is 230 Å². The van der Waals surface area contributed by atoms with Crippen LogP contribution in [0.15, 0.2) is 53.0 Å². The number of hydrogen-bond donors (Lipinski definition) is 2. The fourth-order valence-electron chi connectivity index (χ4n) is 3.58. The molecule has 38 heavy (non-hydrogen) atoms. The van der Waals surface area contributed by atoms with Gasteiger partial charge in [-0.15, -0.1) is 0 Å². The number of benzene rings is 3. The number of carbonyl (C=O) groups excluding carboxylic acids is 2. The van der Waals surface area contributed by atoms with Gasteiger partial charge in [0.05, 0.1) is 11.2 Å². The molecule has 0 bridgehead atoms. The van der Waals surface area contributed by atoms with Crippen molar-refractivity contribution < 1.29 is 37.7 Å². The van der Waals surface area contributed by atoms with E-state index in [1.165, 1.54) is 63.2 Å². The van der Waals surface area contributed by atoms with Gasteiger partial charge in [0, 0.05) is 31.9 Å². The summed E-state index contributed by atoms with van der Waals surface area (Å²) in [7, 11) is 0. The highest BCUT2D eigenvalue weighted by molar-refractivity contribution is 9.10. The molecule has 0 aliphatic rings. The van der Waals surface area contributed by atoms with Gasteiger partial charge in [0.1, 0.15) is 24.0 Å². The summed E-state index contributed by atoms with van der Waals surface area (Å²) in [5.74, 6) is -3.62. The third kappa shape index (κ3) is 7.15. The number of carboxylic acid groups (broad SMARTS) is 1. The molecule has 3 aromatic carbocycles. The fraction of sp³-hybridized carbons (Fsp3) is 0.222. The van der Waals surface area contributed by atoms with Crippen LogP contribution >= 0.6 is 27.5 Å². The van der Waals surface area contributed by atoms with Gasteiger partial charge in [0.2, 0.25) is 0 Å². The van der Waals surface area contributed by atoms with E-state index < -0.39 is 48.1 Å². The molecule has 0 radical (unpaired) electrons. The van der Waals surface area contributed by atoms with Crippen molar-refractivity contribution in [2.75, 3.05) is 18.5 Å². The monoisotopic (exact) mass is 609 g/mol. The number of halogens is 4. The molecule has 2 N–H and O–H groups in total.